The third-order valence-corrected chi connectivity index (χ3v) is 2.97. The Morgan fingerprint density at radius 3 is 2.22 bits per heavy atom. The lowest BCUT2D eigenvalue weighted by molar-refractivity contribution is 0.0738. The highest BCUT2D eigenvalue weighted by Gasteiger charge is 2.17. The molecule has 0 spiro atoms. The standard InChI is InChI=1S/C13H24N4O/c1-3-5-7-9-17(10-8-6-4-2)13(18)12-14-11-15-16-12/h11H,3-10H2,1-2H3,(H,14,15,16). The zero-order valence-corrected chi connectivity index (χ0v) is 11.5. The molecule has 0 radical (unpaired) electrons. The van der Waals surface area contributed by atoms with Gasteiger partial charge in [0.25, 0.3) is 5.91 Å². The molecule has 18 heavy (non-hydrogen) atoms. The molecule has 102 valence electrons. The molecular weight excluding hydrogens is 228 g/mol. The lowest BCUT2D eigenvalue weighted by Crippen LogP contribution is -2.33. The molecule has 0 unspecified atom stereocenters. The second-order valence-electron chi connectivity index (χ2n) is 4.54. The minimum atomic E-state index is -0.0280. The summed E-state index contributed by atoms with van der Waals surface area (Å²) < 4.78 is 0. The van der Waals surface area contributed by atoms with Crippen molar-refractivity contribution >= 4 is 5.91 Å². The predicted octanol–water partition coefficient (Wildman–Crippen LogP) is 2.63. The first-order chi connectivity index (χ1) is 8.79. The van der Waals surface area contributed by atoms with Crippen molar-refractivity contribution in [2.24, 2.45) is 0 Å². The molecule has 1 amide bonds. The first-order valence-corrected chi connectivity index (χ1v) is 6.94. The van der Waals surface area contributed by atoms with E-state index in [4.69, 9.17) is 0 Å². The van der Waals surface area contributed by atoms with Gasteiger partial charge in [-0.25, -0.2) is 4.98 Å². The summed E-state index contributed by atoms with van der Waals surface area (Å²) in [6.45, 7) is 5.97. The summed E-state index contributed by atoms with van der Waals surface area (Å²) in [5.41, 5.74) is 0. The van der Waals surface area contributed by atoms with Crippen LogP contribution in [0.4, 0.5) is 0 Å². The van der Waals surface area contributed by atoms with E-state index in [-0.39, 0.29) is 5.91 Å². The van der Waals surface area contributed by atoms with Crippen molar-refractivity contribution in [1.29, 1.82) is 0 Å². The van der Waals surface area contributed by atoms with E-state index in [0.717, 1.165) is 38.8 Å². The summed E-state index contributed by atoms with van der Waals surface area (Å²) in [6, 6.07) is 0. The highest BCUT2D eigenvalue weighted by molar-refractivity contribution is 5.90. The van der Waals surface area contributed by atoms with Crippen LogP contribution in [0.15, 0.2) is 6.33 Å². The van der Waals surface area contributed by atoms with Crippen molar-refractivity contribution in [3.8, 4) is 0 Å². The van der Waals surface area contributed by atoms with Gasteiger partial charge < -0.3 is 4.90 Å². The number of nitrogens with zero attached hydrogens (tertiary/aromatic N) is 3. The number of aromatic nitrogens is 3. The zero-order chi connectivity index (χ0) is 13.2. The highest BCUT2D eigenvalue weighted by atomic mass is 16.2. The summed E-state index contributed by atoms with van der Waals surface area (Å²) in [5, 5.41) is 6.38. The Morgan fingerprint density at radius 2 is 1.78 bits per heavy atom. The largest absolute Gasteiger partial charge is 0.336 e. The van der Waals surface area contributed by atoms with Crippen LogP contribution in [0.3, 0.4) is 0 Å². The third kappa shape index (κ3) is 4.85. The van der Waals surface area contributed by atoms with Gasteiger partial charge in [0.2, 0.25) is 5.82 Å². The number of rotatable bonds is 9. The Kier molecular flexibility index (Phi) is 7.06. The molecule has 0 aliphatic carbocycles. The van der Waals surface area contributed by atoms with E-state index in [2.05, 4.69) is 29.0 Å². The molecule has 0 saturated heterocycles. The van der Waals surface area contributed by atoms with Crippen LogP contribution >= 0.6 is 0 Å². The van der Waals surface area contributed by atoms with Gasteiger partial charge >= 0.3 is 0 Å². The van der Waals surface area contributed by atoms with Crippen LogP contribution < -0.4 is 0 Å². The van der Waals surface area contributed by atoms with E-state index in [0.29, 0.717) is 5.82 Å². The third-order valence-electron chi connectivity index (χ3n) is 2.97. The van der Waals surface area contributed by atoms with Gasteiger partial charge in [-0.1, -0.05) is 39.5 Å². The molecule has 1 rings (SSSR count). The number of nitrogens with one attached hydrogen (secondary N) is 1. The molecule has 0 bridgehead atoms. The molecule has 1 N–H and O–H groups in total. The molecule has 1 heterocycles. The Labute approximate surface area is 109 Å². The fourth-order valence-corrected chi connectivity index (χ4v) is 1.88. The Hall–Kier alpha value is -1.39. The van der Waals surface area contributed by atoms with Gasteiger partial charge in [0.1, 0.15) is 6.33 Å². The summed E-state index contributed by atoms with van der Waals surface area (Å²) in [4.78, 5) is 18.0. The van der Waals surface area contributed by atoms with Gasteiger partial charge in [-0.3, -0.25) is 9.89 Å². The maximum atomic E-state index is 12.2. The average molecular weight is 252 g/mol. The number of H-pyrrole nitrogens is 1. The monoisotopic (exact) mass is 252 g/mol. The number of hydrogen-bond acceptors (Lipinski definition) is 3. The van der Waals surface area contributed by atoms with Gasteiger partial charge in [0.05, 0.1) is 0 Å². The van der Waals surface area contributed by atoms with E-state index in [1.54, 1.807) is 0 Å². The van der Waals surface area contributed by atoms with E-state index in [9.17, 15) is 4.79 Å². The second-order valence-corrected chi connectivity index (χ2v) is 4.54. The van der Waals surface area contributed by atoms with Crippen molar-refractivity contribution in [3.05, 3.63) is 12.2 Å². The smallest absolute Gasteiger partial charge is 0.291 e. The molecule has 0 fully saturated rings. The SMILES string of the molecule is CCCCCN(CCCCC)C(=O)c1ncn[nH]1. The molecule has 5 heteroatoms. The van der Waals surface area contributed by atoms with Gasteiger partial charge in [0, 0.05) is 13.1 Å². The first kappa shape index (κ1) is 14.7. The van der Waals surface area contributed by atoms with Gasteiger partial charge in [0.15, 0.2) is 0 Å². The summed E-state index contributed by atoms with van der Waals surface area (Å²) in [5.74, 6) is 0.322. The van der Waals surface area contributed by atoms with Crippen LogP contribution in [0.1, 0.15) is 63.0 Å². The normalized spacial score (nSPS) is 10.6. The van der Waals surface area contributed by atoms with Crippen LogP contribution in [0.5, 0.6) is 0 Å². The number of aromatic amines is 1. The molecule has 0 aromatic carbocycles. The fraction of sp³-hybridized carbons (Fsp3) is 0.769. The van der Waals surface area contributed by atoms with E-state index in [1.165, 1.54) is 19.2 Å². The van der Waals surface area contributed by atoms with Crippen molar-refractivity contribution < 1.29 is 4.79 Å². The van der Waals surface area contributed by atoms with Crippen LogP contribution in [-0.4, -0.2) is 39.1 Å². The number of unbranched alkanes of at least 4 members (excludes halogenated alkanes) is 4. The number of carbonyl (C=O) groups excluding carboxylic acids is 1. The highest BCUT2D eigenvalue weighted by Crippen LogP contribution is 2.06. The van der Waals surface area contributed by atoms with Crippen LogP contribution in [0.2, 0.25) is 0 Å². The van der Waals surface area contributed by atoms with E-state index >= 15 is 0 Å². The lowest BCUT2D eigenvalue weighted by Gasteiger charge is -2.21. The van der Waals surface area contributed by atoms with Gasteiger partial charge in [-0.15, -0.1) is 0 Å². The number of carbonyl (C=O) groups is 1. The maximum Gasteiger partial charge on any atom is 0.291 e. The first-order valence-electron chi connectivity index (χ1n) is 6.94. The molecule has 0 atom stereocenters. The van der Waals surface area contributed by atoms with Crippen LogP contribution in [0.25, 0.3) is 0 Å². The van der Waals surface area contributed by atoms with Gasteiger partial charge in [-0.05, 0) is 12.8 Å². The summed E-state index contributed by atoms with van der Waals surface area (Å²) in [7, 11) is 0. The zero-order valence-electron chi connectivity index (χ0n) is 11.5. The fourth-order valence-electron chi connectivity index (χ4n) is 1.88. The minimum absolute atomic E-state index is 0.0280. The van der Waals surface area contributed by atoms with Crippen molar-refractivity contribution in [2.45, 2.75) is 52.4 Å². The Morgan fingerprint density at radius 1 is 1.17 bits per heavy atom. The minimum Gasteiger partial charge on any atom is -0.336 e. The maximum absolute atomic E-state index is 12.2. The second kappa shape index (κ2) is 8.66. The predicted molar refractivity (Wildman–Crippen MR) is 71.3 cm³/mol. The topological polar surface area (TPSA) is 61.9 Å². The van der Waals surface area contributed by atoms with Crippen molar-refractivity contribution in [1.82, 2.24) is 20.1 Å². The Bertz CT molecular complexity index is 314. The average Bonchev–Trinajstić information content (AvgIpc) is 2.90. The molecule has 0 saturated carbocycles. The van der Waals surface area contributed by atoms with Crippen LogP contribution in [-0.2, 0) is 0 Å². The molecular formula is C13H24N4O. The number of amides is 1. The number of hydrogen-bond donors (Lipinski definition) is 1. The van der Waals surface area contributed by atoms with E-state index < -0.39 is 0 Å². The van der Waals surface area contributed by atoms with Gasteiger partial charge in [-0.2, -0.15) is 5.10 Å². The lowest BCUT2D eigenvalue weighted by atomic mass is 10.2. The molecule has 5 nitrogen and oxygen atoms in total. The summed E-state index contributed by atoms with van der Waals surface area (Å²) in [6.07, 6.45) is 8.15. The Balaban J connectivity index is 2.49. The van der Waals surface area contributed by atoms with E-state index in [1.807, 2.05) is 4.90 Å². The molecule has 1 aromatic heterocycles. The van der Waals surface area contributed by atoms with Crippen LogP contribution in [0, 0.1) is 0 Å². The molecule has 1 aromatic rings. The van der Waals surface area contributed by atoms with Crippen molar-refractivity contribution in [2.75, 3.05) is 13.1 Å². The quantitative estimate of drug-likeness (QED) is 0.687. The van der Waals surface area contributed by atoms with Crippen molar-refractivity contribution in [3.63, 3.8) is 0 Å². The summed E-state index contributed by atoms with van der Waals surface area (Å²) >= 11 is 0. The molecule has 0 aliphatic heterocycles. The molecule has 0 aliphatic rings.